The van der Waals surface area contributed by atoms with E-state index in [1.165, 1.54) is 0 Å². The van der Waals surface area contributed by atoms with Gasteiger partial charge in [0.15, 0.2) is 0 Å². The van der Waals surface area contributed by atoms with Crippen LogP contribution in [0.3, 0.4) is 0 Å². The molecule has 2 heterocycles. The molecule has 18 heavy (non-hydrogen) atoms. The molecule has 7 heteroatoms. The minimum atomic E-state index is -4.44. The average Bonchev–Trinajstić information content (AvgIpc) is 2.77. The monoisotopic (exact) mass is 261 g/mol. The Bertz CT molecular complexity index is 411. The predicted molar refractivity (Wildman–Crippen MR) is 59.1 cm³/mol. The van der Waals surface area contributed by atoms with Crippen molar-refractivity contribution in [3.05, 3.63) is 18.0 Å². The molecule has 0 aliphatic carbocycles. The fourth-order valence-corrected chi connectivity index (χ4v) is 2.09. The number of halogens is 3. The van der Waals surface area contributed by atoms with Crippen molar-refractivity contribution in [3.63, 3.8) is 0 Å². The van der Waals surface area contributed by atoms with E-state index < -0.39 is 11.9 Å². The lowest BCUT2D eigenvalue weighted by Gasteiger charge is -2.17. The van der Waals surface area contributed by atoms with Crippen LogP contribution in [0.5, 0.6) is 0 Å². The van der Waals surface area contributed by atoms with Crippen LogP contribution in [0.4, 0.5) is 19.1 Å². The summed E-state index contributed by atoms with van der Waals surface area (Å²) >= 11 is 0. The minimum Gasteiger partial charge on any atom is -0.396 e. The Morgan fingerprint density at radius 2 is 2.22 bits per heavy atom. The number of hydrogen-bond acceptors (Lipinski definition) is 4. The summed E-state index contributed by atoms with van der Waals surface area (Å²) in [6.07, 6.45) is -1.80. The summed E-state index contributed by atoms with van der Waals surface area (Å²) in [6, 6.07) is 0.866. The minimum absolute atomic E-state index is 0.0992. The molecule has 1 N–H and O–H groups in total. The Balaban J connectivity index is 2.10. The van der Waals surface area contributed by atoms with Crippen molar-refractivity contribution < 1.29 is 18.3 Å². The van der Waals surface area contributed by atoms with Gasteiger partial charge < -0.3 is 10.0 Å². The second-order valence-corrected chi connectivity index (χ2v) is 4.35. The van der Waals surface area contributed by atoms with E-state index in [9.17, 15) is 13.2 Å². The van der Waals surface area contributed by atoms with E-state index in [0.717, 1.165) is 18.7 Å². The van der Waals surface area contributed by atoms with Crippen LogP contribution in [-0.4, -0.2) is 34.8 Å². The highest BCUT2D eigenvalue weighted by atomic mass is 19.4. The summed E-state index contributed by atoms with van der Waals surface area (Å²) < 4.78 is 37.5. The molecule has 1 aromatic heterocycles. The maximum absolute atomic E-state index is 12.5. The zero-order chi connectivity index (χ0) is 13.2. The van der Waals surface area contributed by atoms with Gasteiger partial charge in [0.25, 0.3) is 0 Å². The van der Waals surface area contributed by atoms with Crippen molar-refractivity contribution in [2.24, 2.45) is 5.92 Å². The number of rotatable bonds is 3. The van der Waals surface area contributed by atoms with Gasteiger partial charge in [-0.3, -0.25) is 0 Å². The van der Waals surface area contributed by atoms with Crippen LogP contribution < -0.4 is 4.90 Å². The lowest BCUT2D eigenvalue weighted by molar-refractivity contribution is -0.141. The van der Waals surface area contributed by atoms with Crippen LogP contribution in [0.2, 0.25) is 0 Å². The predicted octanol–water partition coefficient (Wildman–Crippen LogP) is 1.70. The molecule has 1 aromatic rings. The van der Waals surface area contributed by atoms with Gasteiger partial charge in [-0.1, -0.05) is 0 Å². The molecular weight excluding hydrogens is 247 g/mol. The van der Waals surface area contributed by atoms with Crippen molar-refractivity contribution >= 4 is 5.95 Å². The van der Waals surface area contributed by atoms with Crippen LogP contribution in [0, 0.1) is 5.92 Å². The topological polar surface area (TPSA) is 49.2 Å². The highest BCUT2D eigenvalue weighted by molar-refractivity contribution is 5.32. The molecular formula is C11H14F3N3O. The number of aliphatic hydroxyl groups excluding tert-OH is 1. The molecule has 0 spiro atoms. The third kappa shape index (κ3) is 2.90. The second-order valence-electron chi connectivity index (χ2n) is 4.35. The van der Waals surface area contributed by atoms with Crippen molar-refractivity contribution in [1.82, 2.24) is 9.97 Å². The highest BCUT2D eigenvalue weighted by Crippen LogP contribution is 2.29. The first kappa shape index (κ1) is 13.1. The molecule has 1 unspecified atom stereocenters. The molecule has 0 bridgehead atoms. The maximum Gasteiger partial charge on any atom is 0.433 e. The van der Waals surface area contributed by atoms with Gasteiger partial charge in [-0.05, 0) is 24.8 Å². The van der Waals surface area contributed by atoms with E-state index >= 15 is 0 Å². The highest BCUT2D eigenvalue weighted by Gasteiger charge is 2.34. The SMILES string of the molecule is OCCC1CCN(c2nccc(C(F)(F)F)n2)C1. The zero-order valence-corrected chi connectivity index (χ0v) is 9.69. The van der Waals surface area contributed by atoms with E-state index in [2.05, 4.69) is 9.97 Å². The second kappa shape index (κ2) is 5.09. The normalized spacial score (nSPS) is 20.4. The lowest BCUT2D eigenvalue weighted by atomic mass is 10.1. The summed E-state index contributed by atoms with van der Waals surface area (Å²) in [4.78, 5) is 9.16. The van der Waals surface area contributed by atoms with Crippen LogP contribution in [0.25, 0.3) is 0 Å². The number of aromatic nitrogens is 2. The lowest BCUT2D eigenvalue weighted by Crippen LogP contribution is -2.23. The molecule has 1 fully saturated rings. The molecule has 1 aliphatic heterocycles. The summed E-state index contributed by atoms with van der Waals surface area (Å²) in [5.41, 5.74) is -0.918. The average molecular weight is 261 g/mol. The van der Waals surface area contributed by atoms with Crippen molar-refractivity contribution in [3.8, 4) is 0 Å². The quantitative estimate of drug-likeness (QED) is 0.899. The summed E-state index contributed by atoms with van der Waals surface area (Å²) in [6.45, 7) is 1.33. The van der Waals surface area contributed by atoms with E-state index in [-0.39, 0.29) is 12.6 Å². The Morgan fingerprint density at radius 3 is 2.89 bits per heavy atom. The largest absolute Gasteiger partial charge is 0.433 e. The van der Waals surface area contributed by atoms with Gasteiger partial charge >= 0.3 is 6.18 Å². The molecule has 1 aliphatic rings. The van der Waals surface area contributed by atoms with Gasteiger partial charge in [-0.25, -0.2) is 9.97 Å². The van der Waals surface area contributed by atoms with E-state index in [1.54, 1.807) is 4.90 Å². The van der Waals surface area contributed by atoms with Crippen LogP contribution in [0.15, 0.2) is 12.3 Å². The van der Waals surface area contributed by atoms with Crippen molar-refractivity contribution in [2.75, 3.05) is 24.6 Å². The van der Waals surface area contributed by atoms with E-state index in [4.69, 9.17) is 5.11 Å². The number of anilines is 1. The van der Waals surface area contributed by atoms with Crippen molar-refractivity contribution in [1.29, 1.82) is 0 Å². The Labute approximate surface area is 102 Å². The fourth-order valence-electron chi connectivity index (χ4n) is 2.09. The standard InChI is InChI=1S/C11H14F3N3O/c12-11(13,14)9-1-4-15-10(16-9)17-5-2-8(7-17)3-6-18/h1,4,8,18H,2-3,5-7H2. The van der Waals surface area contributed by atoms with E-state index in [0.29, 0.717) is 25.4 Å². The fraction of sp³-hybridized carbons (Fsp3) is 0.636. The number of aliphatic hydroxyl groups is 1. The van der Waals surface area contributed by atoms with Gasteiger partial charge in [0.2, 0.25) is 5.95 Å². The smallest absolute Gasteiger partial charge is 0.396 e. The van der Waals surface area contributed by atoms with Gasteiger partial charge in [0.1, 0.15) is 5.69 Å². The molecule has 0 aromatic carbocycles. The number of hydrogen-bond donors (Lipinski definition) is 1. The first-order valence-electron chi connectivity index (χ1n) is 5.77. The van der Waals surface area contributed by atoms with Gasteiger partial charge in [-0.15, -0.1) is 0 Å². The third-order valence-corrected chi connectivity index (χ3v) is 3.04. The third-order valence-electron chi connectivity index (χ3n) is 3.04. The first-order chi connectivity index (χ1) is 8.50. The van der Waals surface area contributed by atoms with Gasteiger partial charge in [-0.2, -0.15) is 13.2 Å². The van der Waals surface area contributed by atoms with Crippen LogP contribution in [0.1, 0.15) is 18.5 Å². The Kier molecular flexibility index (Phi) is 3.70. The Hall–Kier alpha value is -1.37. The van der Waals surface area contributed by atoms with Gasteiger partial charge in [0.05, 0.1) is 0 Å². The van der Waals surface area contributed by atoms with E-state index in [1.807, 2.05) is 0 Å². The maximum atomic E-state index is 12.5. The zero-order valence-electron chi connectivity index (χ0n) is 9.69. The number of nitrogens with zero attached hydrogens (tertiary/aromatic N) is 3. The van der Waals surface area contributed by atoms with Crippen LogP contribution in [-0.2, 0) is 6.18 Å². The molecule has 2 rings (SSSR count). The molecule has 1 atom stereocenters. The molecule has 1 saturated heterocycles. The molecule has 4 nitrogen and oxygen atoms in total. The summed E-state index contributed by atoms with van der Waals surface area (Å²) in [7, 11) is 0. The van der Waals surface area contributed by atoms with Gasteiger partial charge in [0, 0.05) is 25.9 Å². The molecule has 0 radical (unpaired) electrons. The summed E-state index contributed by atoms with van der Waals surface area (Å²) in [5, 5.41) is 8.84. The van der Waals surface area contributed by atoms with Crippen LogP contribution >= 0.6 is 0 Å². The Morgan fingerprint density at radius 1 is 1.44 bits per heavy atom. The molecule has 0 amide bonds. The summed E-state index contributed by atoms with van der Waals surface area (Å²) in [5.74, 6) is 0.415. The van der Waals surface area contributed by atoms with Crippen molar-refractivity contribution in [2.45, 2.75) is 19.0 Å². The molecule has 100 valence electrons. The number of alkyl halides is 3. The molecule has 0 saturated carbocycles. The first-order valence-corrected chi connectivity index (χ1v) is 5.77.